The summed E-state index contributed by atoms with van der Waals surface area (Å²) in [5.74, 6) is -0.0642. The topological polar surface area (TPSA) is 76.1 Å². The maximum Gasteiger partial charge on any atom is 0.420 e. The van der Waals surface area contributed by atoms with E-state index in [1.54, 1.807) is 52.0 Å². The van der Waals surface area contributed by atoms with Gasteiger partial charge in [-0.05, 0) is 45.4 Å². The van der Waals surface area contributed by atoms with Gasteiger partial charge in [-0.3, -0.25) is 0 Å². The summed E-state index contributed by atoms with van der Waals surface area (Å²) in [5, 5.41) is 4.81. The first kappa shape index (κ1) is 21.7. The summed E-state index contributed by atoms with van der Waals surface area (Å²) in [6.07, 6.45) is -4.53. The highest BCUT2D eigenvalue weighted by atomic mass is 35.5. The second kappa shape index (κ2) is 8.22. The van der Waals surface area contributed by atoms with E-state index in [1.165, 1.54) is 0 Å². The third-order valence-corrected chi connectivity index (χ3v) is 3.74. The van der Waals surface area contributed by atoms with Crippen LogP contribution in [0.2, 0.25) is 5.15 Å². The number of ether oxygens (including phenoxy) is 1. The maximum atomic E-state index is 12.7. The number of hydrogen-bond donors (Lipinski definition) is 2. The largest absolute Gasteiger partial charge is 0.444 e. The molecule has 1 heterocycles. The normalized spacial score (nSPS) is 13.0. The van der Waals surface area contributed by atoms with E-state index in [0.717, 1.165) is 5.56 Å². The minimum atomic E-state index is -4.62. The number of nitrogens with one attached hydrogen (secondary N) is 2. The second-order valence-corrected chi connectivity index (χ2v) is 7.37. The molecule has 1 aromatic heterocycles. The number of alkyl halides is 3. The van der Waals surface area contributed by atoms with Crippen LogP contribution in [0, 0.1) is 0 Å². The average Bonchev–Trinajstić information content (AvgIpc) is 2.52. The summed E-state index contributed by atoms with van der Waals surface area (Å²) in [4.78, 5) is 19.1. The minimum Gasteiger partial charge on any atom is -0.444 e. The van der Waals surface area contributed by atoms with Crippen LogP contribution in [0.3, 0.4) is 0 Å². The van der Waals surface area contributed by atoms with Gasteiger partial charge in [0.15, 0.2) is 0 Å². The lowest BCUT2D eigenvalue weighted by Crippen LogP contribution is -2.34. The number of amides is 1. The third-order valence-electron chi connectivity index (χ3n) is 3.45. The molecule has 0 saturated carbocycles. The molecule has 2 N–H and O–H groups in total. The van der Waals surface area contributed by atoms with Gasteiger partial charge in [-0.25, -0.2) is 14.8 Å². The fourth-order valence-electron chi connectivity index (χ4n) is 2.16. The predicted molar refractivity (Wildman–Crippen MR) is 99.6 cm³/mol. The van der Waals surface area contributed by atoms with Gasteiger partial charge in [0.25, 0.3) is 0 Å². The summed E-state index contributed by atoms with van der Waals surface area (Å²) < 4.78 is 43.3. The first-order chi connectivity index (χ1) is 12.8. The lowest BCUT2D eigenvalue weighted by molar-refractivity contribution is -0.137. The number of carbonyl (C=O) groups excluding carboxylic acids is 1. The van der Waals surface area contributed by atoms with Gasteiger partial charge in [0.1, 0.15) is 16.3 Å². The highest BCUT2D eigenvalue weighted by Crippen LogP contribution is 2.33. The third kappa shape index (κ3) is 6.26. The van der Waals surface area contributed by atoms with Crippen molar-refractivity contribution < 1.29 is 22.7 Å². The molecule has 0 spiro atoms. The number of anilines is 2. The molecule has 152 valence electrons. The molecule has 0 aliphatic rings. The predicted octanol–water partition coefficient (Wildman–Crippen LogP) is 5.48. The van der Waals surface area contributed by atoms with Crippen LogP contribution in [-0.4, -0.2) is 21.7 Å². The first-order valence-electron chi connectivity index (χ1n) is 8.31. The fraction of sp³-hybridized carbons (Fsp3) is 0.389. The van der Waals surface area contributed by atoms with Crippen LogP contribution in [0.4, 0.5) is 29.6 Å². The molecule has 28 heavy (non-hydrogen) atoms. The molecule has 1 atom stereocenters. The van der Waals surface area contributed by atoms with E-state index in [1.807, 2.05) is 0 Å². The fourth-order valence-corrected chi connectivity index (χ4v) is 2.40. The smallest absolute Gasteiger partial charge is 0.420 e. The van der Waals surface area contributed by atoms with Crippen molar-refractivity contribution in [2.45, 2.75) is 45.5 Å². The molecule has 2 aromatic rings. The number of halogens is 4. The van der Waals surface area contributed by atoms with Crippen molar-refractivity contribution >= 4 is 29.3 Å². The molecule has 1 aromatic carbocycles. The summed E-state index contributed by atoms with van der Waals surface area (Å²) in [6.45, 7) is 7.11. The lowest BCUT2D eigenvalue weighted by Gasteiger charge is -2.22. The molecule has 6 nitrogen and oxygen atoms in total. The first-order valence-corrected chi connectivity index (χ1v) is 8.69. The van der Waals surface area contributed by atoms with Crippen LogP contribution >= 0.6 is 11.6 Å². The van der Waals surface area contributed by atoms with Gasteiger partial charge in [0.2, 0.25) is 5.95 Å². The van der Waals surface area contributed by atoms with E-state index in [2.05, 4.69) is 20.6 Å². The Morgan fingerprint density at radius 2 is 1.79 bits per heavy atom. The average molecular weight is 417 g/mol. The second-order valence-electron chi connectivity index (χ2n) is 7.01. The van der Waals surface area contributed by atoms with Crippen molar-refractivity contribution in [2.75, 3.05) is 5.32 Å². The molecule has 0 saturated heterocycles. The van der Waals surface area contributed by atoms with Gasteiger partial charge in [0.05, 0.1) is 6.04 Å². The van der Waals surface area contributed by atoms with Crippen molar-refractivity contribution in [3.63, 3.8) is 0 Å². The minimum absolute atomic E-state index is 0.0642. The summed E-state index contributed by atoms with van der Waals surface area (Å²) in [6, 6.07) is 6.54. The zero-order valence-corrected chi connectivity index (χ0v) is 16.4. The van der Waals surface area contributed by atoms with Gasteiger partial charge < -0.3 is 15.4 Å². The SMILES string of the molecule is C[C@H](NC(=O)OC(C)(C)C)c1ccc(Nc2ncc(C(F)(F)F)c(Cl)n2)cc1. The molecular formula is C18H20ClF3N4O2. The highest BCUT2D eigenvalue weighted by Gasteiger charge is 2.34. The van der Waals surface area contributed by atoms with E-state index in [0.29, 0.717) is 11.9 Å². The zero-order valence-electron chi connectivity index (χ0n) is 15.7. The Bertz CT molecular complexity index is 836. The Hall–Kier alpha value is -2.55. The van der Waals surface area contributed by atoms with Crippen LogP contribution in [0.25, 0.3) is 0 Å². The van der Waals surface area contributed by atoms with E-state index < -0.39 is 28.6 Å². The summed E-state index contributed by atoms with van der Waals surface area (Å²) >= 11 is 5.58. The van der Waals surface area contributed by atoms with Crippen molar-refractivity contribution in [1.82, 2.24) is 15.3 Å². The molecule has 1 amide bonds. The van der Waals surface area contributed by atoms with E-state index in [9.17, 15) is 18.0 Å². The Morgan fingerprint density at radius 3 is 2.29 bits per heavy atom. The van der Waals surface area contributed by atoms with Crippen molar-refractivity contribution in [3.8, 4) is 0 Å². The maximum absolute atomic E-state index is 12.7. The number of hydrogen-bond acceptors (Lipinski definition) is 5. The summed E-state index contributed by atoms with van der Waals surface area (Å²) in [5.41, 5.74) is -0.343. The van der Waals surface area contributed by atoms with Crippen molar-refractivity contribution in [3.05, 3.63) is 46.7 Å². The van der Waals surface area contributed by atoms with Gasteiger partial charge in [0, 0.05) is 11.9 Å². The number of carbonyl (C=O) groups is 1. The highest BCUT2D eigenvalue weighted by molar-refractivity contribution is 6.30. The molecular weight excluding hydrogens is 397 g/mol. The molecule has 0 fully saturated rings. The van der Waals surface area contributed by atoms with Crippen LogP contribution in [0.5, 0.6) is 0 Å². The zero-order chi connectivity index (χ0) is 21.1. The van der Waals surface area contributed by atoms with Crippen LogP contribution < -0.4 is 10.6 Å². The van der Waals surface area contributed by atoms with E-state index in [-0.39, 0.29) is 12.0 Å². The number of nitrogens with zero attached hydrogens (tertiary/aromatic N) is 2. The van der Waals surface area contributed by atoms with Gasteiger partial charge in [-0.2, -0.15) is 13.2 Å². The van der Waals surface area contributed by atoms with E-state index >= 15 is 0 Å². The van der Waals surface area contributed by atoms with Gasteiger partial charge in [-0.1, -0.05) is 23.7 Å². The molecule has 10 heteroatoms. The van der Waals surface area contributed by atoms with Gasteiger partial charge >= 0.3 is 12.3 Å². The Kier molecular flexibility index (Phi) is 6.38. The van der Waals surface area contributed by atoms with Crippen LogP contribution in [0.1, 0.15) is 44.9 Å². The molecule has 0 radical (unpaired) electrons. The molecule has 0 bridgehead atoms. The Balaban J connectivity index is 2.03. The quantitative estimate of drug-likeness (QED) is 0.645. The van der Waals surface area contributed by atoms with E-state index in [4.69, 9.17) is 16.3 Å². The molecule has 0 unspecified atom stereocenters. The number of rotatable bonds is 4. The number of benzene rings is 1. The summed E-state index contributed by atoms with van der Waals surface area (Å²) in [7, 11) is 0. The van der Waals surface area contributed by atoms with Crippen LogP contribution in [-0.2, 0) is 10.9 Å². The van der Waals surface area contributed by atoms with Gasteiger partial charge in [-0.15, -0.1) is 0 Å². The Morgan fingerprint density at radius 1 is 1.18 bits per heavy atom. The monoisotopic (exact) mass is 416 g/mol. The van der Waals surface area contributed by atoms with Crippen molar-refractivity contribution in [2.24, 2.45) is 0 Å². The number of aromatic nitrogens is 2. The van der Waals surface area contributed by atoms with Crippen molar-refractivity contribution in [1.29, 1.82) is 0 Å². The molecule has 2 rings (SSSR count). The molecule has 0 aliphatic heterocycles. The standard InChI is InChI=1S/C18H20ClF3N4O2/c1-10(24-16(27)28-17(2,3)4)11-5-7-12(8-6-11)25-15-23-9-13(14(19)26-15)18(20,21)22/h5-10H,1-4H3,(H,24,27)(H,23,25,26)/t10-/m0/s1. The van der Waals surface area contributed by atoms with Crippen LogP contribution in [0.15, 0.2) is 30.5 Å². The number of alkyl carbamates (subject to hydrolysis) is 1. The lowest BCUT2D eigenvalue weighted by atomic mass is 10.1. The Labute approximate surface area is 165 Å². The molecule has 0 aliphatic carbocycles.